The number of nitrogens with one attached hydrogen (secondary N) is 2. The summed E-state index contributed by atoms with van der Waals surface area (Å²) in [5, 5.41) is 10.8. The van der Waals surface area contributed by atoms with Gasteiger partial charge in [-0.25, -0.2) is 14.5 Å². The first kappa shape index (κ1) is 13.7. The molecule has 0 saturated heterocycles. The van der Waals surface area contributed by atoms with Crippen molar-refractivity contribution in [2.45, 2.75) is 0 Å². The number of nitrogens with zero attached hydrogens (tertiary/aromatic N) is 5. The van der Waals surface area contributed by atoms with E-state index in [1.165, 1.54) is 6.33 Å². The number of pyridine rings is 1. The largest absolute Gasteiger partial charge is 0.361 e. The molecule has 4 heterocycles. The summed E-state index contributed by atoms with van der Waals surface area (Å²) < 4.78 is 1.79. The maximum Gasteiger partial charge on any atom is 0.187 e. The van der Waals surface area contributed by atoms with Gasteiger partial charge in [0.2, 0.25) is 0 Å². The molecule has 0 aliphatic carbocycles. The van der Waals surface area contributed by atoms with Crippen LogP contribution in [0, 0.1) is 0 Å². The van der Waals surface area contributed by atoms with Gasteiger partial charge in [0.25, 0.3) is 0 Å². The first-order valence-electron chi connectivity index (χ1n) is 7.83. The molecule has 0 aliphatic heterocycles. The lowest BCUT2D eigenvalue weighted by molar-refractivity contribution is 0.969. The van der Waals surface area contributed by atoms with Crippen LogP contribution >= 0.6 is 0 Å². The van der Waals surface area contributed by atoms with Gasteiger partial charge in [-0.2, -0.15) is 5.10 Å². The Morgan fingerprint density at radius 1 is 1.08 bits per heavy atom. The summed E-state index contributed by atoms with van der Waals surface area (Å²) in [4.78, 5) is 11.8. The molecule has 0 radical (unpaired) electrons. The highest BCUT2D eigenvalue weighted by Gasteiger charge is 2.10. The van der Waals surface area contributed by atoms with Crippen molar-refractivity contribution in [3.05, 3.63) is 66.7 Å². The van der Waals surface area contributed by atoms with Crippen LogP contribution in [-0.2, 0) is 0 Å². The highest BCUT2D eigenvalue weighted by Crippen LogP contribution is 2.24. The van der Waals surface area contributed by atoms with E-state index in [2.05, 4.69) is 36.6 Å². The van der Waals surface area contributed by atoms with Crippen molar-refractivity contribution < 1.29 is 0 Å². The smallest absolute Gasteiger partial charge is 0.187 e. The number of benzene rings is 1. The van der Waals surface area contributed by atoms with Crippen LogP contribution in [0.3, 0.4) is 0 Å². The molecule has 0 saturated carbocycles. The van der Waals surface area contributed by atoms with Gasteiger partial charge >= 0.3 is 0 Å². The van der Waals surface area contributed by atoms with E-state index in [4.69, 9.17) is 0 Å². The van der Waals surface area contributed by atoms with Crippen LogP contribution in [0.15, 0.2) is 66.3 Å². The highest BCUT2D eigenvalue weighted by atomic mass is 15.3. The topological polar surface area (TPSA) is 83.3 Å². The van der Waals surface area contributed by atoms with Crippen molar-refractivity contribution >= 4 is 39.5 Å². The van der Waals surface area contributed by atoms with Crippen molar-refractivity contribution in [2.24, 2.45) is 5.10 Å². The predicted octanol–water partition coefficient (Wildman–Crippen LogP) is 3.20. The number of aromatic amines is 1. The van der Waals surface area contributed by atoms with Gasteiger partial charge in [0, 0.05) is 28.9 Å². The monoisotopic (exact) mass is 327 g/mol. The minimum atomic E-state index is 0.627. The molecule has 4 aromatic heterocycles. The molecule has 0 spiro atoms. The summed E-state index contributed by atoms with van der Waals surface area (Å²) >= 11 is 0. The summed E-state index contributed by atoms with van der Waals surface area (Å²) in [7, 11) is 0. The lowest BCUT2D eigenvalue weighted by Crippen LogP contribution is -1.95. The second-order valence-electron chi connectivity index (χ2n) is 5.61. The summed E-state index contributed by atoms with van der Waals surface area (Å²) in [5.74, 6) is 0.627. The number of rotatable bonds is 3. The molecular weight excluding hydrogens is 314 g/mol. The van der Waals surface area contributed by atoms with Crippen LogP contribution in [0.5, 0.6) is 0 Å². The fourth-order valence-electron chi connectivity index (χ4n) is 2.96. The molecule has 25 heavy (non-hydrogen) atoms. The Balaban J connectivity index is 1.54. The average molecular weight is 327 g/mol. The van der Waals surface area contributed by atoms with Crippen LogP contribution in [-0.4, -0.2) is 30.8 Å². The average Bonchev–Trinajstić information content (AvgIpc) is 3.23. The number of para-hydroxylation sites is 1. The number of hydrogen-bond donors (Lipinski definition) is 2. The molecule has 0 unspecified atom stereocenters. The fraction of sp³-hybridized carbons (Fsp3) is 0. The van der Waals surface area contributed by atoms with Gasteiger partial charge < -0.3 is 4.98 Å². The SMILES string of the molecule is C(=N\Nc1ncnc2nn3ccccc3c12)/c1c[nH]c2ccccc12. The summed E-state index contributed by atoms with van der Waals surface area (Å²) in [5.41, 5.74) is 6.67. The molecule has 0 bridgehead atoms. The number of hydrogen-bond acceptors (Lipinski definition) is 5. The molecule has 7 nitrogen and oxygen atoms in total. The molecule has 0 aliphatic rings. The van der Waals surface area contributed by atoms with Crippen LogP contribution in [0.2, 0.25) is 0 Å². The first-order chi connectivity index (χ1) is 12.4. The molecule has 0 amide bonds. The van der Waals surface area contributed by atoms with Crippen LogP contribution in [0.1, 0.15) is 5.56 Å². The predicted molar refractivity (Wildman–Crippen MR) is 97.8 cm³/mol. The number of anilines is 1. The second kappa shape index (κ2) is 5.41. The van der Waals surface area contributed by atoms with Crippen LogP contribution in [0.4, 0.5) is 5.82 Å². The van der Waals surface area contributed by atoms with Crippen molar-refractivity contribution in [1.82, 2.24) is 24.6 Å². The van der Waals surface area contributed by atoms with Gasteiger partial charge in [-0.1, -0.05) is 24.3 Å². The Bertz CT molecular complexity index is 1230. The normalized spacial score (nSPS) is 11.8. The molecule has 5 aromatic rings. The molecule has 0 fully saturated rings. The zero-order valence-corrected chi connectivity index (χ0v) is 13.1. The Morgan fingerprint density at radius 3 is 3.00 bits per heavy atom. The zero-order chi connectivity index (χ0) is 16.6. The number of hydrazone groups is 1. The van der Waals surface area contributed by atoms with E-state index in [1.54, 1.807) is 10.7 Å². The van der Waals surface area contributed by atoms with Gasteiger partial charge in [-0.15, -0.1) is 5.10 Å². The molecule has 0 atom stereocenters. The Morgan fingerprint density at radius 2 is 2.00 bits per heavy atom. The van der Waals surface area contributed by atoms with E-state index in [9.17, 15) is 0 Å². The van der Waals surface area contributed by atoms with E-state index in [0.717, 1.165) is 27.4 Å². The van der Waals surface area contributed by atoms with Gasteiger partial charge in [-0.3, -0.25) is 5.43 Å². The van der Waals surface area contributed by atoms with E-state index in [0.29, 0.717) is 11.5 Å². The third-order valence-electron chi connectivity index (χ3n) is 4.12. The fourth-order valence-corrected chi connectivity index (χ4v) is 2.96. The third-order valence-corrected chi connectivity index (χ3v) is 4.12. The summed E-state index contributed by atoms with van der Waals surface area (Å²) in [6.07, 6.45) is 7.08. The van der Waals surface area contributed by atoms with E-state index >= 15 is 0 Å². The molecule has 5 rings (SSSR count). The first-order valence-corrected chi connectivity index (χ1v) is 7.83. The van der Waals surface area contributed by atoms with Crippen molar-refractivity contribution in [2.75, 3.05) is 5.43 Å². The van der Waals surface area contributed by atoms with Crippen molar-refractivity contribution in [3.8, 4) is 0 Å². The van der Waals surface area contributed by atoms with Gasteiger partial charge in [0.15, 0.2) is 11.5 Å². The zero-order valence-electron chi connectivity index (χ0n) is 13.1. The number of aromatic nitrogens is 5. The molecule has 7 heteroatoms. The standard InChI is InChI=1S/C18H13N7/c1-2-6-14-13(5-1)12(9-19-14)10-22-23-17-16-15-7-3-4-8-25(15)24-18(16)21-11-20-17/h1-11,19H,(H,20,21,23,24)/b22-10+. The minimum Gasteiger partial charge on any atom is -0.361 e. The van der Waals surface area contributed by atoms with Gasteiger partial charge in [0.1, 0.15) is 6.33 Å². The lowest BCUT2D eigenvalue weighted by Gasteiger charge is -2.00. The molecular formula is C18H13N7. The quantitative estimate of drug-likeness (QED) is 0.394. The van der Waals surface area contributed by atoms with Crippen LogP contribution in [0.25, 0.3) is 27.5 Å². The Kier molecular flexibility index (Phi) is 2.96. The highest BCUT2D eigenvalue weighted by molar-refractivity contribution is 6.01. The van der Waals surface area contributed by atoms with Gasteiger partial charge in [0.05, 0.1) is 17.1 Å². The van der Waals surface area contributed by atoms with Crippen LogP contribution < -0.4 is 5.43 Å². The lowest BCUT2D eigenvalue weighted by atomic mass is 10.2. The summed E-state index contributed by atoms with van der Waals surface area (Å²) in [6.45, 7) is 0. The molecule has 2 N–H and O–H groups in total. The molecule has 1 aromatic carbocycles. The number of fused-ring (bicyclic) bond motifs is 4. The summed E-state index contributed by atoms with van der Waals surface area (Å²) in [6, 6.07) is 14.0. The molecule has 120 valence electrons. The van der Waals surface area contributed by atoms with Gasteiger partial charge in [-0.05, 0) is 18.2 Å². The van der Waals surface area contributed by atoms with E-state index in [1.807, 2.05) is 48.8 Å². The maximum atomic E-state index is 4.44. The maximum absolute atomic E-state index is 4.44. The minimum absolute atomic E-state index is 0.627. The Labute approximate surface area is 142 Å². The number of H-pyrrole nitrogens is 1. The second-order valence-corrected chi connectivity index (χ2v) is 5.61. The van der Waals surface area contributed by atoms with E-state index < -0.39 is 0 Å². The third kappa shape index (κ3) is 2.21. The van der Waals surface area contributed by atoms with E-state index in [-0.39, 0.29) is 0 Å². The van der Waals surface area contributed by atoms with Crippen molar-refractivity contribution in [1.29, 1.82) is 0 Å². The Hall–Kier alpha value is -3.74. The van der Waals surface area contributed by atoms with Crippen molar-refractivity contribution in [3.63, 3.8) is 0 Å².